The number of carbonyl (C=O) groups excluding carboxylic acids is 1. The van der Waals surface area contributed by atoms with Gasteiger partial charge in [-0.2, -0.15) is 4.31 Å². The molecule has 2 heterocycles. The van der Waals surface area contributed by atoms with E-state index in [0.29, 0.717) is 30.6 Å². The van der Waals surface area contributed by atoms with Crippen molar-refractivity contribution >= 4 is 15.9 Å². The first-order valence-corrected chi connectivity index (χ1v) is 12.3. The van der Waals surface area contributed by atoms with E-state index in [1.165, 1.54) is 25.7 Å². The number of carbonyl (C=O) groups is 1. The van der Waals surface area contributed by atoms with E-state index in [9.17, 15) is 13.2 Å². The molecule has 0 radical (unpaired) electrons. The van der Waals surface area contributed by atoms with E-state index in [0.717, 1.165) is 44.2 Å². The minimum atomic E-state index is -3.53. The van der Waals surface area contributed by atoms with Gasteiger partial charge < -0.3 is 4.90 Å². The number of piperidine rings is 2. The Hall–Kier alpha value is -1.40. The Morgan fingerprint density at radius 3 is 2.43 bits per heavy atom. The van der Waals surface area contributed by atoms with Gasteiger partial charge in [-0.25, -0.2) is 8.42 Å². The molecule has 0 bridgehead atoms. The van der Waals surface area contributed by atoms with Gasteiger partial charge in [0.2, 0.25) is 10.0 Å². The van der Waals surface area contributed by atoms with Crippen molar-refractivity contribution in [1.82, 2.24) is 9.21 Å². The van der Waals surface area contributed by atoms with Gasteiger partial charge in [-0.1, -0.05) is 25.3 Å². The molecule has 3 aliphatic rings. The molecule has 0 aromatic heterocycles. The van der Waals surface area contributed by atoms with E-state index >= 15 is 0 Å². The summed E-state index contributed by atoms with van der Waals surface area (Å²) in [6.07, 6.45) is 9.94. The van der Waals surface area contributed by atoms with Gasteiger partial charge in [-0.15, -0.1) is 0 Å². The summed E-state index contributed by atoms with van der Waals surface area (Å²) in [6.45, 7) is 3.86. The van der Waals surface area contributed by atoms with Crippen LogP contribution >= 0.6 is 0 Å². The zero-order valence-corrected chi connectivity index (χ0v) is 17.7. The topological polar surface area (TPSA) is 57.7 Å². The highest BCUT2D eigenvalue weighted by Gasteiger charge is 2.37. The first-order chi connectivity index (χ1) is 13.5. The molecule has 3 fully saturated rings. The summed E-state index contributed by atoms with van der Waals surface area (Å²) in [5.74, 6) is 0.636. The zero-order valence-electron chi connectivity index (χ0n) is 16.9. The monoisotopic (exact) mass is 404 g/mol. The van der Waals surface area contributed by atoms with Crippen molar-refractivity contribution in [2.24, 2.45) is 5.92 Å². The molecular weight excluding hydrogens is 372 g/mol. The maximum atomic E-state index is 13.4. The third-order valence-electron chi connectivity index (χ3n) is 6.90. The molecule has 1 aromatic rings. The Balaban J connectivity index is 1.62. The number of rotatable bonds is 3. The maximum absolute atomic E-state index is 13.4. The summed E-state index contributed by atoms with van der Waals surface area (Å²) in [5, 5.41) is 0. The second-order valence-corrected chi connectivity index (χ2v) is 10.6. The summed E-state index contributed by atoms with van der Waals surface area (Å²) in [5.41, 5.74) is 1.42. The van der Waals surface area contributed by atoms with Crippen LogP contribution in [0.4, 0.5) is 0 Å². The fourth-order valence-electron chi connectivity index (χ4n) is 5.28. The molecule has 1 aromatic carbocycles. The molecule has 2 atom stereocenters. The standard InChI is InChI=1S/C22H32N2O3S/c1-17-11-12-19(28(26,27)23-13-5-2-6-14-23)16-20(17)22(25)24-15-7-9-18-8-3-4-10-21(18)24/h11-12,16,18,21H,2-10,13-15H2,1H3. The molecule has 2 saturated heterocycles. The third kappa shape index (κ3) is 3.73. The van der Waals surface area contributed by atoms with Gasteiger partial charge >= 0.3 is 0 Å². The fourth-order valence-corrected chi connectivity index (χ4v) is 6.82. The number of likely N-dealkylation sites (tertiary alicyclic amines) is 1. The van der Waals surface area contributed by atoms with Crippen molar-refractivity contribution in [2.45, 2.75) is 75.6 Å². The zero-order chi connectivity index (χ0) is 19.7. The van der Waals surface area contributed by atoms with Crippen LogP contribution in [-0.2, 0) is 10.0 Å². The third-order valence-corrected chi connectivity index (χ3v) is 8.79. The van der Waals surface area contributed by atoms with Gasteiger partial charge in [0.1, 0.15) is 0 Å². The predicted molar refractivity (Wildman–Crippen MR) is 110 cm³/mol. The van der Waals surface area contributed by atoms with Crippen molar-refractivity contribution in [1.29, 1.82) is 0 Å². The Labute approximate surface area is 169 Å². The molecule has 0 spiro atoms. The molecule has 2 unspecified atom stereocenters. The van der Waals surface area contributed by atoms with Crippen LogP contribution in [0.3, 0.4) is 0 Å². The molecular formula is C22H32N2O3S. The normalized spacial score (nSPS) is 26.7. The highest BCUT2D eigenvalue weighted by molar-refractivity contribution is 7.89. The Bertz CT molecular complexity index is 828. The Morgan fingerprint density at radius 2 is 1.64 bits per heavy atom. The van der Waals surface area contributed by atoms with Crippen LogP contribution < -0.4 is 0 Å². The van der Waals surface area contributed by atoms with E-state index < -0.39 is 10.0 Å². The van der Waals surface area contributed by atoms with Crippen LogP contribution in [0.25, 0.3) is 0 Å². The minimum Gasteiger partial charge on any atom is -0.335 e. The average molecular weight is 405 g/mol. The lowest BCUT2D eigenvalue weighted by Gasteiger charge is -2.44. The molecule has 1 amide bonds. The SMILES string of the molecule is Cc1ccc(S(=O)(=O)N2CCCCC2)cc1C(=O)N1CCCC2CCCCC21. The summed E-state index contributed by atoms with van der Waals surface area (Å²) in [4.78, 5) is 15.8. The molecule has 2 aliphatic heterocycles. The van der Waals surface area contributed by atoms with Crippen LogP contribution in [0, 0.1) is 12.8 Å². The molecule has 1 aliphatic carbocycles. The number of hydrogen-bond acceptors (Lipinski definition) is 3. The fraction of sp³-hybridized carbons (Fsp3) is 0.682. The first-order valence-electron chi connectivity index (χ1n) is 10.9. The van der Waals surface area contributed by atoms with Crippen LogP contribution in [0.2, 0.25) is 0 Å². The Kier molecular flexibility index (Phi) is 5.79. The van der Waals surface area contributed by atoms with Crippen LogP contribution in [0.1, 0.15) is 73.7 Å². The van der Waals surface area contributed by atoms with Gasteiger partial charge in [-0.05, 0) is 69.1 Å². The minimum absolute atomic E-state index is 0.0183. The number of amides is 1. The predicted octanol–water partition coefficient (Wildman–Crippen LogP) is 3.96. The van der Waals surface area contributed by atoms with Gasteiger partial charge in [0.15, 0.2) is 0 Å². The molecule has 1 saturated carbocycles. The molecule has 6 heteroatoms. The van der Waals surface area contributed by atoms with Gasteiger partial charge in [0, 0.05) is 31.2 Å². The van der Waals surface area contributed by atoms with E-state index in [1.54, 1.807) is 22.5 Å². The highest BCUT2D eigenvalue weighted by Crippen LogP contribution is 2.36. The molecule has 28 heavy (non-hydrogen) atoms. The number of sulfonamides is 1. The number of nitrogens with zero attached hydrogens (tertiary/aromatic N) is 2. The van der Waals surface area contributed by atoms with E-state index in [-0.39, 0.29) is 10.8 Å². The maximum Gasteiger partial charge on any atom is 0.254 e. The average Bonchev–Trinajstić information content (AvgIpc) is 2.73. The van der Waals surface area contributed by atoms with Gasteiger partial charge in [-0.3, -0.25) is 4.79 Å². The lowest BCUT2D eigenvalue weighted by atomic mass is 9.78. The molecule has 154 valence electrons. The van der Waals surface area contributed by atoms with E-state index in [2.05, 4.69) is 0 Å². The van der Waals surface area contributed by atoms with Crippen molar-refractivity contribution in [3.63, 3.8) is 0 Å². The second kappa shape index (κ2) is 8.15. The molecule has 0 N–H and O–H groups in total. The van der Waals surface area contributed by atoms with E-state index in [4.69, 9.17) is 0 Å². The number of benzene rings is 1. The smallest absolute Gasteiger partial charge is 0.254 e. The van der Waals surface area contributed by atoms with Crippen molar-refractivity contribution in [3.05, 3.63) is 29.3 Å². The lowest BCUT2D eigenvalue weighted by Crippen LogP contribution is -2.49. The van der Waals surface area contributed by atoms with Crippen LogP contribution in [-0.4, -0.2) is 49.2 Å². The number of fused-ring (bicyclic) bond motifs is 1. The summed E-state index contributed by atoms with van der Waals surface area (Å²) in [7, 11) is -3.53. The first kappa shape index (κ1) is 19.9. The van der Waals surface area contributed by atoms with Crippen molar-refractivity contribution in [3.8, 4) is 0 Å². The largest absolute Gasteiger partial charge is 0.335 e. The highest BCUT2D eigenvalue weighted by atomic mass is 32.2. The van der Waals surface area contributed by atoms with Crippen LogP contribution in [0.15, 0.2) is 23.1 Å². The second-order valence-electron chi connectivity index (χ2n) is 8.69. The summed E-state index contributed by atoms with van der Waals surface area (Å²) < 4.78 is 27.7. The van der Waals surface area contributed by atoms with Gasteiger partial charge in [0.25, 0.3) is 5.91 Å². The number of hydrogen-bond donors (Lipinski definition) is 0. The van der Waals surface area contributed by atoms with E-state index in [1.807, 2.05) is 11.8 Å². The quantitative estimate of drug-likeness (QED) is 0.766. The lowest BCUT2D eigenvalue weighted by molar-refractivity contribution is 0.0390. The molecule has 5 nitrogen and oxygen atoms in total. The summed E-state index contributed by atoms with van der Waals surface area (Å²) >= 11 is 0. The van der Waals surface area contributed by atoms with Crippen molar-refractivity contribution < 1.29 is 13.2 Å². The van der Waals surface area contributed by atoms with Crippen LogP contribution in [0.5, 0.6) is 0 Å². The van der Waals surface area contributed by atoms with Gasteiger partial charge in [0.05, 0.1) is 4.90 Å². The number of aryl methyl sites for hydroxylation is 1. The summed E-state index contributed by atoms with van der Waals surface area (Å²) in [6, 6.07) is 5.42. The molecule has 4 rings (SSSR count). The Morgan fingerprint density at radius 1 is 0.929 bits per heavy atom. The van der Waals surface area contributed by atoms with Crippen molar-refractivity contribution in [2.75, 3.05) is 19.6 Å².